The second kappa shape index (κ2) is 8.44. The second-order valence-electron chi connectivity index (χ2n) is 3.34. The first-order chi connectivity index (χ1) is 7.11. The van der Waals surface area contributed by atoms with Crippen LogP contribution in [0.4, 0.5) is 0 Å². The standard InChI is InChI=1S/C11H21NO3/c1-5-15-9-8-12(3)7-6-10(2)11(13)14-4/h6H,5,7-9H2,1-4H3/b10-6-. The molecule has 0 aromatic rings. The van der Waals surface area contributed by atoms with Gasteiger partial charge in [0.05, 0.1) is 13.7 Å². The normalized spacial score (nSPS) is 11.9. The summed E-state index contributed by atoms with van der Waals surface area (Å²) in [6.45, 7) is 6.78. The molecule has 4 heteroatoms. The minimum absolute atomic E-state index is 0.270. The van der Waals surface area contributed by atoms with Crippen molar-refractivity contribution in [3.8, 4) is 0 Å². The van der Waals surface area contributed by atoms with Crippen LogP contribution >= 0.6 is 0 Å². The lowest BCUT2D eigenvalue weighted by Crippen LogP contribution is -2.23. The van der Waals surface area contributed by atoms with Crippen molar-refractivity contribution in [2.24, 2.45) is 0 Å². The van der Waals surface area contributed by atoms with Gasteiger partial charge in [0, 0.05) is 25.3 Å². The Morgan fingerprint density at radius 2 is 2.13 bits per heavy atom. The molecule has 0 unspecified atom stereocenters. The van der Waals surface area contributed by atoms with Crippen molar-refractivity contribution in [3.63, 3.8) is 0 Å². The van der Waals surface area contributed by atoms with Gasteiger partial charge in [0.15, 0.2) is 0 Å². The summed E-state index contributed by atoms with van der Waals surface area (Å²) in [4.78, 5) is 13.1. The number of hydrogen-bond donors (Lipinski definition) is 0. The number of hydrogen-bond acceptors (Lipinski definition) is 4. The van der Waals surface area contributed by atoms with Crippen molar-refractivity contribution in [3.05, 3.63) is 11.6 Å². The van der Waals surface area contributed by atoms with Gasteiger partial charge in [0.1, 0.15) is 0 Å². The maximum Gasteiger partial charge on any atom is 0.333 e. The number of esters is 1. The van der Waals surface area contributed by atoms with Crippen LogP contribution in [0.1, 0.15) is 13.8 Å². The Morgan fingerprint density at radius 1 is 1.47 bits per heavy atom. The highest BCUT2D eigenvalue weighted by Crippen LogP contribution is 1.96. The van der Waals surface area contributed by atoms with Gasteiger partial charge in [-0.25, -0.2) is 4.79 Å². The van der Waals surface area contributed by atoms with Gasteiger partial charge >= 0.3 is 5.97 Å². The van der Waals surface area contributed by atoms with E-state index in [1.807, 2.05) is 20.0 Å². The average Bonchev–Trinajstić information content (AvgIpc) is 2.25. The van der Waals surface area contributed by atoms with Crippen molar-refractivity contribution < 1.29 is 14.3 Å². The Morgan fingerprint density at radius 3 is 2.67 bits per heavy atom. The SMILES string of the molecule is CCOCCN(C)C/C=C(/C)C(=O)OC. The zero-order valence-electron chi connectivity index (χ0n) is 10.1. The molecule has 0 aliphatic carbocycles. The zero-order chi connectivity index (χ0) is 11.7. The number of carbonyl (C=O) groups is 1. The number of carbonyl (C=O) groups excluding carboxylic acids is 1. The quantitative estimate of drug-likeness (QED) is 0.362. The molecule has 0 spiro atoms. The fraction of sp³-hybridized carbons (Fsp3) is 0.727. The van der Waals surface area contributed by atoms with Gasteiger partial charge < -0.3 is 14.4 Å². The molecule has 88 valence electrons. The van der Waals surface area contributed by atoms with E-state index in [1.165, 1.54) is 7.11 Å². The van der Waals surface area contributed by atoms with Gasteiger partial charge in [-0.15, -0.1) is 0 Å². The third-order valence-electron chi connectivity index (χ3n) is 2.04. The Balaban J connectivity index is 3.77. The van der Waals surface area contributed by atoms with Gasteiger partial charge in [-0.3, -0.25) is 0 Å². The average molecular weight is 215 g/mol. The van der Waals surface area contributed by atoms with E-state index in [4.69, 9.17) is 4.74 Å². The minimum atomic E-state index is -0.270. The first-order valence-corrected chi connectivity index (χ1v) is 5.13. The van der Waals surface area contributed by atoms with E-state index >= 15 is 0 Å². The summed E-state index contributed by atoms with van der Waals surface area (Å²) < 4.78 is 9.82. The molecule has 0 saturated carbocycles. The van der Waals surface area contributed by atoms with E-state index in [2.05, 4.69) is 9.64 Å². The fourth-order valence-electron chi connectivity index (χ4n) is 0.993. The Kier molecular flexibility index (Phi) is 7.95. The highest BCUT2D eigenvalue weighted by Gasteiger charge is 2.02. The van der Waals surface area contributed by atoms with Gasteiger partial charge in [-0.1, -0.05) is 6.08 Å². The number of methoxy groups -OCH3 is 1. The summed E-state index contributed by atoms with van der Waals surface area (Å²) in [5.41, 5.74) is 0.640. The first-order valence-electron chi connectivity index (χ1n) is 5.13. The molecule has 0 aromatic carbocycles. The third kappa shape index (κ3) is 7.11. The molecule has 0 rings (SSSR count). The summed E-state index contributed by atoms with van der Waals surface area (Å²) >= 11 is 0. The Hall–Kier alpha value is -0.870. The number of nitrogens with zero attached hydrogens (tertiary/aromatic N) is 1. The fourth-order valence-corrected chi connectivity index (χ4v) is 0.993. The van der Waals surface area contributed by atoms with Gasteiger partial charge in [-0.2, -0.15) is 0 Å². The molecule has 0 atom stereocenters. The summed E-state index contributed by atoms with van der Waals surface area (Å²) in [5.74, 6) is -0.270. The Bertz CT molecular complexity index is 214. The molecule has 0 aliphatic rings. The van der Waals surface area contributed by atoms with Crippen LogP contribution in [-0.4, -0.2) is 51.3 Å². The Labute approximate surface area is 91.8 Å². The maximum atomic E-state index is 11.1. The monoisotopic (exact) mass is 215 g/mol. The van der Waals surface area contributed by atoms with Crippen molar-refractivity contribution in [1.82, 2.24) is 4.90 Å². The summed E-state index contributed by atoms with van der Waals surface area (Å²) in [6, 6.07) is 0. The molecule has 4 nitrogen and oxygen atoms in total. The van der Waals surface area contributed by atoms with Crippen molar-refractivity contribution in [2.45, 2.75) is 13.8 Å². The van der Waals surface area contributed by atoms with Crippen LogP contribution in [0.2, 0.25) is 0 Å². The predicted octanol–water partition coefficient (Wildman–Crippen LogP) is 1.07. The molecule has 0 fully saturated rings. The number of rotatable bonds is 7. The molecular weight excluding hydrogens is 194 g/mol. The highest BCUT2D eigenvalue weighted by molar-refractivity contribution is 5.87. The van der Waals surface area contributed by atoms with Crippen molar-refractivity contribution >= 4 is 5.97 Å². The number of ether oxygens (including phenoxy) is 2. The number of likely N-dealkylation sites (N-methyl/N-ethyl adjacent to an activating group) is 1. The van der Waals surface area contributed by atoms with Crippen LogP contribution in [0.25, 0.3) is 0 Å². The lowest BCUT2D eigenvalue weighted by atomic mass is 10.3. The van der Waals surface area contributed by atoms with Crippen LogP contribution in [-0.2, 0) is 14.3 Å². The minimum Gasteiger partial charge on any atom is -0.466 e. The molecule has 0 N–H and O–H groups in total. The molecule has 0 aliphatic heterocycles. The van der Waals surface area contributed by atoms with Crippen LogP contribution < -0.4 is 0 Å². The lowest BCUT2D eigenvalue weighted by molar-refractivity contribution is -0.136. The van der Waals surface area contributed by atoms with Crippen LogP contribution in [0, 0.1) is 0 Å². The van der Waals surface area contributed by atoms with Crippen LogP contribution in [0.5, 0.6) is 0 Å². The van der Waals surface area contributed by atoms with Gasteiger partial charge in [0.2, 0.25) is 0 Å². The first kappa shape index (κ1) is 14.1. The summed E-state index contributed by atoms with van der Waals surface area (Å²) in [7, 11) is 3.37. The van der Waals surface area contributed by atoms with Crippen LogP contribution in [0.15, 0.2) is 11.6 Å². The van der Waals surface area contributed by atoms with Gasteiger partial charge in [-0.05, 0) is 20.9 Å². The smallest absolute Gasteiger partial charge is 0.333 e. The predicted molar refractivity (Wildman–Crippen MR) is 59.8 cm³/mol. The van der Waals surface area contributed by atoms with E-state index in [0.717, 1.165) is 26.3 Å². The van der Waals surface area contributed by atoms with Crippen molar-refractivity contribution in [2.75, 3.05) is 40.5 Å². The highest BCUT2D eigenvalue weighted by atomic mass is 16.5. The largest absolute Gasteiger partial charge is 0.466 e. The summed E-state index contributed by atoms with van der Waals surface area (Å²) in [6.07, 6.45) is 1.86. The van der Waals surface area contributed by atoms with E-state index in [1.54, 1.807) is 6.92 Å². The lowest BCUT2D eigenvalue weighted by Gasteiger charge is -2.14. The summed E-state index contributed by atoms with van der Waals surface area (Å²) in [5, 5.41) is 0. The van der Waals surface area contributed by atoms with E-state index in [9.17, 15) is 4.79 Å². The van der Waals surface area contributed by atoms with Crippen LogP contribution in [0.3, 0.4) is 0 Å². The molecular formula is C11H21NO3. The maximum absolute atomic E-state index is 11.1. The van der Waals surface area contributed by atoms with E-state index in [-0.39, 0.29) is 5.97 Å². The van der Waals surface area contributed by atoms with E-state index in [0.29, 0.717) is 5.57 Å². The third-order valence-corrected chi connectivity index (χ3v) is 2.04. The molecule has 0 aromatic heterocycles. The molecule has 0 radical (unpaired) electrons. The molecule has 0 amide bonds. The molecule has 0 saturated heterocycles. The molecule has 0 heterocycles. The van der Waals surface area contributed by atoms with Crippen molar-refractivity contribution in [1.29, 1.82) is 0 Å². The van der Waals surface area contributed by atoms with Gasteiger partial charge in [0.25, 0.3) is 0 Å². The second-order valence-corrected chi connectivity index (χ2v) is 3.34. The molecule has 15 heavy (non-hydrogen) atoms. The topological polar surface area (TPSA) is 38.8 Å². The molecule has 0 bridgehead atoms. The van der Waals surface area contributed by atoms with E-state index < -0.39 is 0 Å². The zero-order valence-corrected chi connectivity index (χ0v) is 10.1.